The highest BCUT2D eigenvalue weighted by atomic mass is 16.2. The molecule has 0 aliphatic carbocycles. The minimum Gasteiger partial charge on any atom is -0.368 e. The molecule has 1 saturated heterocycles. The van der Waals surface area contributed by atoms with Gasteiger partial charge in [0.2, 0.25) is 0 Å². The van der Waals surface area contributed by atoms with E-state index in [0.29, 0.717) is 18.8 Å². The molecular formula is C22H27N3O2. The van der Waals surface area contributed by atoms with E-state index >= 15 is 0 Å². The molecule has 0 spiro atoms. The molecule has 1 N–H and O–H groups in total. The van der Waals surface area contributed by atoms with Gasteiger partial charge in [-0.3, -0.25) is 9.59 Å². The molecule has 0 unspecified atom stereocenters. The van der Waals surface area contributed by atoms with Gasteiger partial charge in [-0.15, -0.1) is 0 Å². The van der Waals surface area contributed by atoms with Crippen molar-refractivity contribution in [2.24, 2.45) is 0 Å². The lowest BCUT2D eigenvalue weighted by Crippen LogP contribution is -2.51. The van der Waals surface area contributed by atoms with E-state index in [4.69, 9.17) is 0 Å². The van der Waals surface area contributed by atoms with Crippen LogP contribution >= 0.6 is 0 Å². The number of nitrogens with zero attached hydrogens (tertiary/aromatic N) is 2. The van der Waals surface area contributed by atoms with Crippen LogP contribution in [0.5, 0.6) is 0 Å². The molecule has 1 aliphatic rings. The predicted molar refractivity (Wildman–Crippen MR) is 109 cm³/mol. The topological polar surface area (TPSA) is 52.7 Å². The maximum Gasteiger partial charge on any atom is 0.313 e. The zero-order valence-electron chi connectivity index (χ0n) is 16.5. The van der Waals surface area contributed by atoms with Crippen molar-refractivity contribution in [3.8, 4) is 0 Å². The van der Waals surface area contributed by atoms with Crippen molar-refractivity contribution < 1.29 is 9.59 Å². The van der Waals surface area contributed by atoms with Crippen molar-refractivity contribution in [1.29, 1.82) is 0 Å². The number of rotatable bonds is 2. The molecule has 2 amide bonds. The minimum atomic E-state index is -0.566. The highest BCUT2D eigenvalue weighted by Crippen LogP contribution is 2.24. The van der Waals surface area contributed by atoms with E-state index in [1.54, 1.807) is 4.90 Å². The van der Waals surface area contributed by atoms with Crippen molar-refractivity contribution in [2.75, 3.05) is 36.4 Å². The van der Waals surface area contributed by atoms with Crippen molar-refractivity contribution in [3.05, 3.63) is 58.7 Å². The molecule has 2 aromatic carbocycles. The average Bonchev–Trinajstić information content (AvgIpc) is 2.66. The van der Waals surface area contributed by atoms with Gasteiger partial charge in [-0.1, -0.05) is 24.3 Å². The van der Waals surface area contributed by atoms with Crippen molar-refractivity contribution in [1.82, 2.24) is 4.90 Å². The van der Waals surface area contributed by atoms with Crippen LogP contribution in [-0.2, 0) is 9.59 Å². The molecule has 2 aromatic rings. The second-order valence-electron chi connectivity index (χ2n) is 7.27. The molecule has 1 fully saturated rings. The normalized spacial score (nSPS) is 14.2. The molecule has 1 aliphatic heterocycles. The standard InChI is InChI=1S/C22H27N3O2/c1-15-8-9-17(3)19(14-15)23-21(26)22(27)25-12-10-24(11-13-25)20-7-5-6-16(2)18(20)4/h5-9,14H,10-13H2,1-4H3,(H,23,26). The third kappa shape index (κ3) is 4.13. The summed E-state index contributed by atoms with van der Waals surface area (Å²) in [6.07, 6.45) is 0. The van der Waals surface area contributed by atoms with Gasteiger partial charge in [0.1, 0.15) is 0 Å². The van der Waals surface area contributed by atoms with Gasteiger partial charge >= 0.3 is 11.8 Å². The Kier molecular flexibility index (Phi) is 5.49. The first kappa shape index (κ1) is 19.0. The first-order valence-corrected chi connectivity index (χ1v) is 9.35. The first-order valence-electron chi connectivity index (χ1n) is 9.35. The number of carbonyl (C=O) groups excluding carboxylic acids is 2. The third-order valence-electron chi connectivity index (χ3n) is 5.32. The van der Waals surface area contributed by atoms with Crippen LogP contribution in [0.2, 0.25) is 0 Å². The van der Waals surface area contributed by atoms with Crippen molar-refractivity contribution >= 4 is 23.2 Å². The number of anilines is 2. The molecule has 1 heterocycles. The van der Waals surface area contributed by atoms with Gasteiger partial charge in [-0.05, 0) is 62.1 Å². The number of carbonyl (C=O) groups is 2. The number of hydrogen-bond acceptors (Lipinski definition) is 3. The maximum absolute atomic E-state index is 12.6. The fraction of sp³-hybridized carbons (Fsp3) is 0.364. The SMILES string of the molecule is Cc1ccc(C)c(NC(=O)C(=O)N2CCN(c3cccc(C)c3C)CC2)c1. The van der Waals surface area contributed by atoms with Gasteiger partial charge in [0.25, 0.3) is 0 Å². The lowest BCUT2D eigenvalue weighted by molar-refractivity contribution is -0.143. The van der Waals surface area contributed by atoms with Crippen LogP contribution in [0.4, 0.5) is 11.4 Å². The van der Waals surface area contributed by atoms with Gasteiger partial charge in [0.15, 0.2) is 0 Å². The second kappa shape index (κ2) is 7.82. The monoisotopic (exact) mass is 365 g/mol. The molecular weight excluding hydrogens is 338 g/mol. The fourth-order valence-electron chi connectivity index (χ4n) is 3.42. The number of aryl methyl sites for hydroxylation is 3. The summed E-state index contributed by atoms with van der Waals surface area (Å²) in [6, 6.07) is 12.1. The van der Waals surface area contributed by atoms with Crippen molar-refractivity contribution in [3.63, 3.8) is 0 Å². The molecule has 3 rings (SSSR count). The van der Waals surface area contributed by atoms with E-state index < -0.39 is 11.8 Å². The van der Waals surface area contributed by atoms with Crippen LogP contribution in [0.25, 0.3) is 0 Å². The van der Waals surface area contributed by atoms with E-state index in [1.807, 2.05) is 32.0 Å². The minimum absolute atomic E-state index is 0.462. The van der Waals surface area contributed by atoms with Gasteiger partial charge in [-0.25, -0.2) is 0 Å². The Hall–Kier alpha value is -2.82. The Bertz CT molecular complexity index is 868. The molecule has 0 saturated carbocycles. The van der Waals surface area contributed by atoms with Crippen LogP contribution in [0.3, 0.4) is 0 Å². The molecule has 0 atom stereocenters. The Morgan fingerprint density at radius 3 is 2.30 bits per heavy atom. The molecule has 0 bridgehead atoms. The summed E-state index contributed by atoms with van der Waals surface area (Å²) in [4.78, 5) is 28.9. The maximum atomic E-state index is 12.6. The molecule has 142 valence electrons. The van der Waals surface area contributed by atoms with Gasteiger partial charge in [0, 0.05) is 37.6 Å². The molecule has 5 nitrogen and oxygen atoms in total. The Morgan fingerprint density at radius 1 is 0.889 bits per heavy atom. The Balaban J connectivity index is 1.62. The van der Waals surface area contributed by atoms with E-state index in [2.05, 4.69) is 42.3 Å². The van der Waals surface area contributed by atoms with Crippen molar-refractivity contribution in [2.45, 2.75) is 27.7 Å². The van der Waals surface area contributed by atoms with E-state index in [-0.39, 0.29) is 0 Å². The zero-order valence-corrected chi connectivity index (χ0v) is 16.5. The van der Waals surface area contributed by atoms with Crippen LogP contribution in [0.1, 0.15) is 22.3 Å². The molecule has 27 heavy (non-hydrogen) atoms. The summed E-state index contributed by atoms with van der Waals surface area (Å²) in [5, 5.41) is 2.76. The van der Waals surface area contributed by atoms with Crippen LogP contribution in [0, 0.1) is 27.7 Å². The van der Waals surface area contributed by atoms with Crippen LogP contribution < -0.4 is 10.2 Å². The number of hydrogen-bond donors (Lipinski definition) is 1. The lowest BCUT2D eigenvalue weighted by Gasteiger charge is -2.36. The summed E-state index contributed by atoms with van der Waals surface area (Å²) >= 11 is 0. The molecule has 5 heteroatoms. The third-order valence-corrected chi connectivity index (χ3v) is 5.32. The summed E-state index contributed by atoms with van der Waals surface area (Å²) in [5.74, 6) is -1.03. The second-order valence-corrected chi connectivity index (χ2v) is 7.27. The Morgan fingerprint density at radius 2 is 1.59 bits per heavy atom. The van der Waals surface area contributed by atoms with Gasteiger partial charge < -0.3 is 15.1 Å². The number of nitrogens with one attached hydrogen (secondary N) is 1. The summed E-state index contributed by atoms with van der Waals surface area (Å²) < 4.78 is 0. The van der Waals surface area contributed by atoms with Crippen LogP contribution in [-0.4, -0.2) is 42.9 Å². The van der Waals surface area contributed by atoms with E-state index in [1.165, 1.54) is 16.8 Å². The van der Waals surface area contributed by atoms with E-state index in [9.17, 15) is 9.59 Å². The number of amides is 2. The highest BCUT2D eigenvalue weighted by Gasteiger charge is 2.27. The fourth-order valence-corrected chi connectivity index (χ4v) is 3.42. The number of benzene rings is 2. The lowest BCUT2D eigenvalue weighted by atomic mass is 10.1. The predicted octanol–water partition coefficient (Wildman–Crippen LogP) is 3.21. The van der Waals surface area contributed by atoms with Gasteiger partial charge in [0.05, 0.1) is 0 Å². The van der Waals surface area contributed by atoms with Gasteiger partial charge in [-0.2, -0.15) is 0 Å². The highest BCUT2D eigenvalue weighted by molar-refractivity contribution is 6.39. The zero-order chi connectivity index (χ0) is 19.6. The van der Waals surface area contributed by atoms with Crippen LogP contribution in [0.15, 0.2) is 36.4 Å². The first-order chi connectivity index (χ1) is 12.9. The summed E-state index contributed by atoms with van der Waals surface area (Å²) in [6.45, 7) is 10.7. The quantitative estimate of drug-likeness (QED) is 0.832. The average molecular weight is 365 g/mol. The summed E-state index contributed by atoms with van der Waals surface area (Å²) in [5.41, 5.74) is 6.43. The summed E-state index contributed by atoms with van der Waals surface area (Å²) in [7, 11) is 0. The Labute approximate surface area is 161 Å². The van der Waals surface area contributed by atoms with E-state index in [0.717, 1.165) is 24.2 Å². The molecule has 0 aromatic heterocycles. The smallest absolute Gasteiger partial charge is 0.313 e. The largest absolute Gasteiger partial charge is 0.368 e. The molecule has 0 radical (unpaired) electrons. The number of piperazine rings is 1.